The molecule has 0 aliphatic heterocycles. The lowest BCUT2D eigenvalue weighted by Crippen LogP contribution is -2.42. The van der Waals surface area contributed by atoms with Crippen molar-refractivity contribution in [1.29, 1.82) is 0 Å². The molecule has 0 aliphatic rings. The van der Waals surface area contributed by atoms with Crippen molar-refractivity contribution >= 4 is 26.5 Å². The number of sulfonamides is 1. The topological polar surface area (TPSA) is 60.9 Å². The number of benzene rings is 5. The third-order valence-corrected chi connectivity index (χ3v) is 8.50. The summed E-state index contributed by atoms with van der Waals surface area (Å²) >= 11 is 0. The normalized spacial score (nSPS) is 12.5. The van der Waals surface area contributed by atoms with E-state index in [0.717, 1.165) is 21.9 Å². The van der Waals surface area contributed by atoms with Crippen LogP contribution in [-0.2, 0) is 23.1 Å². The van der Waals surface area contributed by atoms with Crippen LogP contribution in [-0.4, -0.2) is 37.6 Å². The maximum Gasteiger partial charge on any atom is 0.264 e. The van der Waals surface area contributed by atoms with E-state index >= 15 is 0 Å². The van der Waals surface area contributed by atoms with E-state index in [1.807, 2.05) is 72.8 Å². The fourth-order valence-electron chi connectivity index (χ4n) is 4.89. The lowest BCUT2D eigenvalue weighted by atomic mass is 10.1. The molecule has 198 valence electrons. The van der Waals surface area contributed by atoms with Crippen molar-refractivity contribution in [3.8, 4) is 0 Å². The summed E-state index contributed by atoms with van der Waals surface area (Å²) in [6.45, 7) is 1.49. The second-order valence-corrected chi connectivity index (χ2v) is 11.5. The number of rotatable bonds is 11. The van der Waals surface area contributed by atoms with Gasteiger partial charge in [-0.1, -0.05) is 115 Å². The summed E-state index contributed by atoms with van der Waals surface area (Å²) in [6, 6.07) is 42.0. The first-order valence-electron chi connectivity index (χ1n) is 13.0. The Morgan fingerprint density at radius 1 is 0.590 bits per heavy atom. The average molecular weight is 537 g/mol. The minimum absolute atomic E-state index is 0.0781. The first-order chi connectivity index (χ1) is 19.0. The summed E-state index contributed by atoms with van der Waals surface area (Å²) in [5, 5.41) is 13.2. The first-order valence-corrected chi connectivity index (χ1v) is 14.5. The van der Waals surface area contributed by atoms with Gasteiger partial charge in [-0.15, -0.1) is 0 Å². The molecule has 0 aliphatic carbocycles. The highest BCUT2D eigenvalue weighted by molar-refractivity contribution is 7.92. The highest BCUT2D eigenvalue weighted by atomic mass is 32.2. The smallest absolute Gasteiger partial charge is 0.264 e. The molecule has 5 aromatic rings. The van der Waals surface area contributed by atoms with E-state index in [2.05, 4.69) is 29.2 Å². The number of hydrogen-bond acceptors (Lipinski definition) is 4. The van der Waals surface area contributed by atoms with Crippen LogP contribution in [0.4, 0.5) is 5.69 Å². The van der Waals surface area contributed by atoms with E-state index in [0.29, 0.717) is 25.3 Å². The minimum atomic E-state index is -3.94. The van der Waals surface area contributed by atoms with Crippen molar-refractivity contribution in [2.45, 2.75) is 24.1 Å². The molecule has 0 bridgehead atoms. The van der Waals surface area contributed by atoms with E-state index in [1.54, 1.807) is 36.4 Å². The van der Waals surface area contributed by atoms with E-state index in [9.17, 15) is 13.5 Å². The van der Waals surface area contributed by atoms with Gasteiger partial charge in [0, 0.05) is 25.0 Å². The fraction of sp³-hybridized carbons (Fsp3) is 0.152. The van der Waals surface area contributed by atoms with Gasteiger partial charge >= 0.3 is 0 Å². The summed E-state index contributed by atoms with van der Waals surface area (Å²) in [5.41, 5.74) is 2.81. The van der Waals surface area contributed by atoms with Gasteiger partial charge in [-0.05, 0) is 34.7 Å². The molecule has 0 saturated heterocycles. The lowest BCUT2D eigenvalue weighted by molar-refractivity contribution is 0.111. The Morgan fingerprint density at radius 2 is 1.10 bits per heavy atom. The number of nitrogens with zero attached hydrogens (tertiary/aromatic N) is 2. The third kappa shape index (κ3) is 6.55. The van der Waals surface area contributed by atoms with Crippen molar-refractivity contribution in [2.75, 3.05) is 17.4 Å². The van der Waals surface area contributed by atoms with Gasteiger partial charge in [0.05, 0.1) is 23.2 Å². The summed E-state index contributed by atoms with van der Waals surface area (Å²) in [5.74, 6) is 0. The molecule has 0 amide bonds. The van der Waals surface area contributed by atoms with Crippen LogP contribution in [0.15, 0.2) is 138 Å². The van der Waals surface area contributed by atoms with E-state index < -0.39 is 16.1 Å². The van der Waals surface area contributed by atoms with Gasteiger partial charge in [0.15, 0.2) is 0 Å². The number of fused-ring (bicyclic) bond motifs is 1. The Kier molecular flexibility index (Phi) is 8.37. The molecular weight excluding hydrogens is 504 g/mol. The van der Waals surface area contributed by atoms with Gasteiger partial charge in [-0.2, -0.15) is 0 Å². The van der Waals surface area contributed by atoms with Crippen LogP contribution in [0.2, 0.25) is 0 Å². The molecule has 0 radical (unpaired) electrons. The number of hydrogen-bond donors (Lipinski definition) is 1. The van der Waals surface area contributed by atoms with Crippen molar-refractivity contribution < 1.29 is 13.5 Å². The van der Waals surface area contributed by atoms with E-state index in [1.165, 1.54) is 4.31 Å². The molecular formula is C33H32N2O3S. The zero-order valence-corrected chi connectivity index (χ0v) is 22.5. The van der Waals surface area contributed by atoms with Crippen molar-refractivity contribution in [1.82, 2.24) is 4.90 Å². The monoisotopic (exact) mass is 536 g/mol. The quantitative estimate of drug-likeness (QED) is 0.222. The van der Waals surface area contributed by atoms with Gasteiger partial charge in [-0.25, -0.2) is 8.42 Å². The molecule has 0 fully saturated rings. The Hall–Kier alpha value is -3.97. The number of anilines is 1. The van der Waals surface area contributed by atoms with Crippen molar-refractivity contribution in [2.24, 2.45) is 0 Å². The first kappa shape index (κ1) is 26.6. The van der Waals surface area contributed by atoms with Crippen LogP contribution >= 0.6 is 0 Å². The second-order valence-electron chi connectivity index (χ2n) is 9.64. The van der Waals surface area contributed by atoms with E-state index in [4.69, 9.17) is 0 Å². The molecule has 0 aromatic heterocycles. The molecule has 39 heavy (non-hydrogen) atoms. The molecule has 1 N–H and O–H groups in total. The van der Waals surface area contributed by atoms with Gasteiger partial charge in [0.2, 0.25) is 0 Å². The Bertz CT molecular complexity index is 1550. The fourth-order valence-corrected chi connectivity index (χ4v) is 6.43. The Balaban J connectivity index is 1.47. The molecule has 5 rings (SSSR count). The molecule has 5 aromatic carbocycles. The maximum atomic E-state index is 14.0. The van der Waals surface area contributed by atoms with Crippen LogP contribution in [0, 0.1) is 0 Å². The maximum absolute atomic E-state index is 14.0. The molecule has 6 heteroatoms. The van der Waals surface area contributed by atoms with Crippen LogP contribution < -0.4 is 4.31 Å². The van der Waals surface area contributed by atoms with Crippen LogP contribution in [0.1, 0.15) is 11.1 Å². The highest BCUT2D eigenvalue weighted by Gasteiger charge is 2.29. The van der Waals surface area contributed by atoms with Crippen LogP contribution in [0.5, 0.6) is 0 Å². The third-order valence-electron chi connectivity index (χ3n) is 6.71. The Morgan fingerprint density at radius 3 is 1.72 bits per heavy atom. The summed E-state index contributed by atoms with van der Waals surface area (Å²) in [4.78, 5) is 2.35. The zero-order chi connectivity index (χ0) is 27.1. The average Bonchev–Trinajstić information content (AvgIpc) is 2.97. The SMILES string of the molecule is O=S(=O)(c1ccccc1)N(C[C@@H](O)CN(Cc1ccccc1)Cc1ccccc1)c1cccc2ccccc12. The van der Waals surface area contributed by atoms with Gasteiger partial charge in [-0.3, -0.25) is 9.21 Å². The summed E-state index contributed by atoms with van der Waals surface area (Å²) in [6.07, 6.45) is -0.935. The number of aliphatic hydroxyl groups is 1. The molecule has 1 atom stereocenters. The van der Waals surface area contributed by atoms with Crippen molar-refractivity contribution in [3.05, 3.63) is 145 Å². The molecule has 0 heterocycles. The molecule has 0 unspecified atom stereocenters. The largest absolute Gasteiger partial charge is 0.390 e. The van der Waals surface area contributed by atoms with Gasteiger partial charge in [0.25, 0.3) is 10.0 Å². The predicted molar refractivity (Wildman–Crippen MR) is 158 cm³/mol. The van der Waals surface area contributed by atoms with Gasteiger partial charge in [0.1, 0.15) is 0 Å². The van der Waals surface area contributed by atoms with E-state index in [-0.39, 0.29) is 11.4 Å². The molecule has 0 spiro atoms. The zero-order valence-electron chi connectivity index (χ0n) is 21.7. The Labute approximate surface area is 230 Å². The highest BCUT2D eigenvalue weighted by Crippen LogP contribution is 2.31. The summed E-state index contributed by atoms with van der Waals surface area (Å²) < 4.78 is 29.3. The number of aliphatic hydroxyl groups excluding tert-OH is 1. The van der Waals surface area contributed by atoms with Gasteiger partial charge < -0.3 is 5.11 Å². The molecule has 0 saturated carbocycles. The molecule has 5 nitrogen and oxygen atoms in total. The van der Waals surface area contributed by atoms with Crippen molar-refractivity contribution in [3.63, 3.8) is 0 Å². The second kappa shape index (κ2) is 12.3. The summed E-state index contributed by atoms with van der Waals surface area (Å²) in [7, 11) is -3.94. The van der Waals surface area contributed by atoms with Crippen LogP contribution in [0.25, 0.3) is 10.8 Å². The minimum Gasteiger partial charge on any atom is -0.390 e. The lowest BCUT2D eigenvalue weighted by Gasteiger charge is -2.31. The standard InChI is InChI=1S/C33H32N2O3S/c36-30(25-34(23-27-13-4-1-5-14-27)24-28-15-6-2-7-16-28)26-35(39(37,38)31-19-8-3-9-20-31)33-22-12-18-29-17-10-11-21-32(29)33/h1-22,30,36H,23-26H2/t30-/m0/s1. The van der Waals surface area contributed by atoms with Crippen LogP contribution in [0.3, 0.4) is 0 Å². The predicted octanol–water partition coefficient (Wildman–Crippen LogP) is 6.10.